The molecule has 1 aromatic rings. The highest BCUT2D eigenvalue weighted by atomic mass is 32.1. The Morgan fingerprint density at radius 2 is 2.10 bits per heavy atom. The predicted octanol–water partition coefficient (Wildman–Crippen LogP) is 0.448. The van der Waals surface area contributed by atoms with E-state index in [4.69, 9.17) is 5.11 Å². The first-order valence-corrected chi connectivity index (χ1v) is 7.54. The Balaban J connectivity index is 1.99. The van der Waals surface area contributed by atoms with Crippen LogP contribution < -0.4 is 4.87 Å². The molecule has 0 aromatic carbocycles. The number of carbonyl (C=O) groups is 2. The average Bonchev–Trinajstić information content (AvgIpc) is 2.79. The van der Waals surface area contributed by atoms with Gasteiger partial charge in [0.25, 0.3) is 0 Å². The number of piperidine rings is 1. The first-order chi connectivity index (χ1) is 9.99. The third-order valence-electron chi connectivity index (χ3n) is 3.66. The number of carbonyl (C=O) groups excluding carboxylic acids is 1. The molecular formula is C13H18N2O5S. The van der Waals surface area contributed by atoms with E-state index < -0.39 is 11.9 Å². The molecule has 7 nitrogen and oxygen atoms in total. The number of H-pyrrole nitrogens is 1. The van der Waals surface area contributed by atoms with Gasteiger partial charge in [-0.2, -0.15) is 0 Å². The van der Waals surface area contributed by atoms with Crippen LogP contribution in [0.4, 0.5) is 0 Å². The van der Waals surface area contributed by atoms with Crippen LogP contribution in [-0.2, 0) is 27.3 Å². The Bertz CT molecular complexity index is 571. The molecule has 0 saturated carbocycles. The summed E-state index contributed by atoms with van der Waals surface area (Å²) in [5.74, 6) is -1.41. The van der Waals surface area contributed by atoms with E-state index in [1.54, 1.807) is 0 Å². The summed E-state index contributed by atoms with van der Waals surface area (Å²) in [5.41, 5.74) is 0.595. The van der Waals surface area contributed by atoms with Gasteiger partial charge in [0, 0.05) is 17.1 Å². The standard InChI is InChI=1S/C13H18N2O5S/c1-20-11(16)6-9-10(21-13(19)14-9)7-15-4-2-8(3-5-15)12(17)18/h8H,2-7H2,1H3,(H,14,19)(H,17,18). The highest BCUT2D eigenvalue weighted by molar-refractivity contribution is 7.09. The van der Waals surface area contributed by atoms with Gasteiger partial charge in [-0.25, -0.2) is 0 Å². The van der Waals surface area contributed by atoms with Gasteiger partial charge < -0.3 is 14.8 Å². The molecule has 0 atom stereocenters. The number of carboxylic acids is 1. The first-order valence-electron chi connectivity index (χ1n) is 6.72. The Morgan fingerprint density at radius 1 is 1.43 bits per heavy atom. The fraction of sp³-hybridized carbons (Fsp3) is 0.615. The number of nitrogens with one attached hydrogen (secondary N) is 1. The number of nitrogens with zero attached hydrogens (tertiary/aromatic N) is 1. The van der Waals surface area contributed by atoms with E-state index >= 15 is 0 Å². The molecule has 0 unspecified atom stereocenters. The second-order valence-electron chi connectivity index (χ2n) is 5.06. The van der Waals surface area contributed by atoms with E-state index in [1.807, 2.05) is 0 Å². The molecule has 8 heteroatoms. The van der Waals surface area contributed by atoms with Crippen molar-refractivity contribution >= 4 is 23.3 Å². The van der Waals surface area contributed by atoms with E-state index in [-0.39, 0.29) is 17.2 Å². The Morgan fingerprint density at radius 3 is 2.67 bits per heavy atom. The lowest BCUT2D eigenvalue weighted by atomic mass is 9.97. The molecule has 2 heterocycles. The van der Waals surface area contributed by atoms with E-state index in [0.29, 0.717) is 38.2 Å². The highest BCUT2D eigenvalue weighted by Gasteiger charge is 2.25. The lowest BCUT2D eigenvalue weighted by molar-refractivity contribution is -0.143. The van der Waals surface area contributed by atoms with E-state index in [9.17, 15) is 14.4 Å². The molecule has 2 rings (SSSR count). The summed E-state index contributed by atoms with van der Waals surface area (Å²) < 4.78 is 4.61. The van der Waals surface area contributed by atoms with Crippen LogP contribution in [0.2, 0.25) is 0 Å². The maximum atomic E-state index is 11.5. The highest BCUT2D eigenvalue weighted by Crippen LogP contribution is 2.21. The maximum Gasteiger partial charge on any atom is 0.311 e. The molecular weight excluding hydrogens is 296 g/mol. The molecule has 0 radical (unpaired) electrons. The second kappa shape index (κ2) is 6.86. The second-order valence-corrected chi connectivity index (χ2v) is 6.13. The molecule has 1 saturated heterocycles. The molecule has 2 N–H and O–H groups in total. The van der Waals surface area contributed by atoms with E-state index in [0.717, 1.165) is 16.2 Å². The summed E-state index contributed by atoms with van der Waals surface area (Å²) in [6.07, 6.45) is 1.28. The molecule has 0 amide bonds. The minimum atomic E-state index is -0.743. The van der Waals surface area contributed by atoms with E-state index in [1.165, 1.54) is 7.11 Å². The largest absolute Gasteiger partial charge is 0.481 e. The van der Waals surface area contributed by atoms with Crippen LogP contribution in [0.15, 0.2) is 4.79 Å². The summed E-state index contributed by atoms with van der Waals surface area (Å²) in [7, 11) is 1.31. The number of aliphatic carboxylic acids is 1. The molecule has 0 aliphatic carbocycles. The number of carboxylic acid groups (broad SMARTS) is 1. The van der Waals surface area contributed by atoms with Crippen molar-refractivity contribution in [2.45, 2.75) is 25.8 Å². The van der Waals surface area contributed by atoms with Crippen LogP contribution >= 0.6 is 11.3 Å². The first kappa shape index (κ1) is 15.7. The van der Waals surface area contributed by atoms with Crippen LogP contribution in [0, 0.1) is 5.92 Å². The van der Waals surface area contributed by atoms with Crippen LogP contribution in [-0.4, -0.2) is 47.1 Å². The van der Waals surface area contributed by atoms with Crippen molar-refractivity contribution in [1.29, 1.82) is 0 Å². The van der Waals surface area contributed by atoms with Crippen molar-refractivity contribution in [3.05, 3.63) is 20.2 Å². The molecule has 0 bridgehead atoms. The molecule has 1 aliphatic rings. The number of hydrogen-bond donors (Lipinski definition) is 2. The van der Waals surface area contributed by atoms with Gasteiger partial charge in [-0.15, -0.1) is 0 Å². The number of esters is 1. The average molecular weight is 314 g/mol. The van der Waals surface area contributed by atoms with Crippen LogP contribution in [0.25, 0.3) is 0 Å². The van der Waals surface area contributed by atoms with E-state index in [2.05, 4.69) is 14.6 Å². The fourth-order valence-electron chi connectivity index (χ4n) is 2.42. The van der Waals surface area contributed by atoms with Gasteiger partial charge in [-0.3, -0.25) is 19.3 Å². The number of ether oxygens (including phenoxy) is 1. The molecule has 1 aliphatic heterocycles. The van der Waals surface area contributed by atoms with Gasteiger partial charge in [0.15, 0.2) is 0 Å². The number of methoxy groups -OCH3 is 1. The zero-order valence-electron chi connectivity index (χ0n) is 11.8. The fourth-order valence-corrected chi connectivity index (χ4v) is 3.31. The predicted molar refractivity (Wildman–Crippen MR) is 76.3 cm³/mol. The Hall–Kier alpha value is -1.67. The smallest absolute Gasteiger partial charge is 0.311 e. The lowest BCUT2D eigenvalue weighted by Gasteiger charge is -2.29. The third-order valence-corrected chi connectivity index (χ3v) is 4.57. The van der Waals surface area contributed by atoms with Crippen molar-refractivity contribution in [2.75, 3.05) is 20.2 Å². The summed E-state index contributed by atoms with van der Waals surface area (Å²) >= 11 is 1.09. The quantitative estimate of drug-likeness (QED) is 0.765. The minimum Gasteiger partial charge on any atom is -0.481 e. The van der Waals surface area contributed by atoms with Crippen LogP contribution in [0.5, 0.6) is 0 Å². The van der Waals surface area contributed by atoms with Crippen LogP contribution in [0.3, 0.4) is 0 Å². The van der Waals surface area contributed by atoms with Crippen LogP contribution in [0.1, 0.15) is 23.4 Å². The number of thiazole rings is 1. The summed E-state index contributed by atoms with van der Waals surface area (Å²) in [5, 5.41) is 8.97. The SMILES string of the molecule is COC(=O)Cc1[nH]c(=O)sc1CN1CCC(C(=O)O)CC1. The lowest BCUT2D eigenvalue weighted by Crippen LogP contribution is -2.35. The number of rotatable bonds is 5. The summed E-state index contributed by atoms with van der Waals surface area (Å²) in [6, 6.07) is 0. The maximum absolute atomic E-state index is 11.5. The molecule has 116 valence electrons. The van der Waals surface area contributed by atoms with Gasteiger partial charge in [0.2, 0.25) is 0 Å². The topological polar surface area (TPSA) is 99.7 Å². The van der Waals surface area contributed by atoms with Crippen molar-refractivity contribution in [3.63, 3.8) is 0 Å². The summed E-state index contributed by atoms with van der Waals surface area (Å²) in [4.78, 5) is 39.1. The van der Waals surface area contributed by atoms with Gasteiger partial charge in [0.1, 0.15) is 0 Å². The summed E-state index contributed by atoms with van der Waals surface area (Å²) in [6.45, 7) is 1.92. The number of aromatic amines is 1. The van der Waals surface area contributed by atoms with Crippen molar-refractivity contribution in [2.24, 2.45) is 5.92 Å². The van der Waals surface area contributed by atoms with Gasteiger partial charge >= 0.3 is 16.8 Å². The molecule has 21 heavy (non-hydrogen) atoms. The van der Waals surface area contributed by atoms with Gasteiger partial charge in [0.05, 0.1) is 19.4 Å². The normalized spacial score (nSPS) is 16.8. The van der Waals surface area contributed by atoms with Gasteiger partial charge in [-0.05, 0) is 25.9 Å². The molecule has 1 aromatic heterocycles. The zero-order chi connectivity index (χ0) is 15.4. The van der Waals surface area contributed by atoms with Crippen molar-refractivity contribution in [1.82, 2.24) is 9.88 Å². The van der Waals surface area contributed by atoms with Gasteiger partial charge in [-0.1, -0.05) is 11.3 Å². The number of aromatic nitrogens is 1. The third kappa shape index (κ3) is 4.15. The monoisotopic (exact) mass is 314 g/mol. The van der Waals surface area contributed by atoms with Crippen molar-refractivity contribution in [3.8, 4) is 0 Å². The minimum absolute atomic E-state index is 0.0518. The molecule has 0 spiro atoms. The molecule has 1 fully saturated rings. The zero-order valence-corrected chi connectivity index (χ0v) is 12.6. The number of likely N-dealkylation sites (tertiary alicyclic amines) is 1. The Kier molecular flexibility index (Phi) is 5.13. The Labute approximate surface area is 125 Å². The number of hydrogen-bond acceptors (Lipinski definition) is 6. The van der Waals surface area contributed by atoms with Crippen molar-refractivity contribution < 1.29 is 19.4 Å².